The molecule has 3 atom stereocenters. The average molecular weight is 235 g/mol. The summed E-state index contributed by atoms with van der Waals surface area (Å²) in [5.41, 5.74) is 3.23. The third kappa shape index (κ3) is 2.42. The Balaban J connectivity index is 2.81. The summed E-state index contributed by atoms with van der Waals surface area (Å²) < 4.78 is 5.07. The molecule has 1 heterocycles. The van der Waals surface area contributed by atoms with Crippen molar-refractivity contribution >= 4 is 5.91 Å². The van der Waals surface area contributed by atoms with Crippen molar-refractivity contribution in [2.24, 2.45) is 0 Å². The van der Waals surface area contributed by atoms with Gasteiger partial charge < -0.3 is 14.7 Å². The smallest absolute Gasteiger partial charge is 0.254 e. The summed E-state index contributed by atoms with van der Waals surface area (Å²) in [6, 6.07) is -0.393. The maximum atomic E-state index is 11.7. The molecule has 1 fully saturated rings. The highest BCUT2D eigenvalue weighted by Gasteiger charge is 2.51. The highest BCUT2D eigenvalue weighted by atomic mass is 16.5. The van der Waals surface area contributed by atoms with E-state index in [1.165, 1.54) is 7.11 Å². The molecular formula is C13H17NO3. The van der Waals surface area contributed by atoms with E-state index in [1.807, 2.05) is 0 Å². The van der Waals surface area contributed by atoms with Crippen molar-refractivity contribution in [3.63, 3.8) is 0 Å². The van der Waals surface area contributed by atoms with Crippen LogP contribution in [0, 0.1) is 12.3 Å². The van der Waals surface area contributed by atoms with Crippen molar-refractivity contribution in [2.75, 3.05) is 13.7 Å². The summed E-state index contributed by atoms with van der Waals surface area (Å²) >= 11 is 0. The zero-order valence-corrected chi connectivity index (χ0v) is 10.1. The van der Waals surface area contributed by atoms with E-state index in [-0.39, 0.29) is 5.91 Å². The quantitative estimate of drug-likeness (QED) is 0.424. The van der Waals surface area contributed by atoms with E-state index >= 15 is 0 Å². The van der Waals surface area contributed by atoms with E-state index in [0.717, 1.165) is 0 Å². The van der Waals surface area contributed by atoms with Crippen LogP contribution in [0.3, 0.4) is 0 Å². The molecule has 92 valence electrons. The van der Waals surface area contributed by atoms with Crippen molar-refractivity contribution in [1.29, 1.82) is 0 Å². The number of hydrogen-bond acceptors (Lipinski definition) is 3. The van der Waals surface area contributed by atoms with Gasteiger partial charge in [0.05, 0.1) is 6.04 Å². The molecule has 0 bridgehead atoms. The highest BCUT2D eigenvalue weighted by molar-refractivity contribution is 5.88. The van der Waals surface area contributed by atoms with Gasteiger partial charge in [-0.3, -0.25) is 4.79 Å². The fourth-order valence-electron chi connectivity index (χ4n) is 1.92. The summed E-state index contributed by atoms with van der Waals surface area (Å²) in [5.74, 6) is 2.34. The molecule has 4 nitrogen and oxygen atoms in total. The first kappa shape index (κ1) is 13.5. The lowest BCUT2D eigenvalue weighted by molar-refractivity contribution is -0.178. The van der Waals surface area contributed by atoms with Crippen molar-refractivity contribution in [3.8, 4) is 12.3 Å². The van der Waals surface area contributed by atoms with Crippen LogP contribution in [0.2, 0.25) is 0 Å². The van der Waals surface area contributed by atoms with Crippen LogP contribution < -0.4 is 0 Å². The summed E-state index contributed by atoms with van der Waals surface area (Å²) in [6.45, 7) is 5.63. The molecule has 0 aliphatic carbocycles. The van der Waals surface area contributed by atoms with E-state index in [2.05, 4.69) is 18.2 Å². The molecule has 4 heteroatoms. The monoisotopic (exact) mass is 235 g/mol. The van der Waals surface area contributed by atoms with Gasteiger partial charge in [0, 0.05) is 20.1 Å². The zero-order chi connectivity index (χ0) is 13.0. The van der Waals surface area contributed by atoms with Gasteiger partial charge in [0.25, 0.3) is 5.91 Å². The molecule has 17 heavy (non-hydrogen) atoms. The summed E-state index contributed by atoms with van der Waals surface area (Å²) in [7, 11) is 1.45. The van der Waals surface area contributed by atoms with Gasteiger partial charge in [-0.05, 0) is 12.5 Å². The third-order valence-corrected chi connectivity index (χ3v) is 2.99. The van der Waals surface area contributed by atoms with Crippen LogP contribution >= 0.6 is 0 Å². The van der Waals surface area contributed by atoms with Crippen molar-refractivity contribution in [1.82, 2.24) is 4.90 Å². The van der Waals surface area contributed by atoms with Gasteiger partial charge in [0.2, 0.25) is 0 Å². The fourth-order valence-corrected chi connectivity index (χ4v) is 1.92. The largest absolute Gasteiger partial charge is 0.386 e. The molecular weight excluding hydrogens is 218 g/mol. The second-order valence-electron chi connectivity index (χ2n) is 3.94. The second kappa shape index (κ2) is 5.70. The Kier molecular flexibility index (Phi) is 4.53. The molecule has 0 spiro atoms. The number of aliphatic hydroxyl groups excluding tert-OH is 1. The van der Waals surface area contributed by atoms with Crippen molar-refractivity contribution in [3.05, 3.63) is 17.9 Å². The molecule has 1 N–H and O–H groups in total. The molecule has 1 saturated heterocycles. The Labute approximate surface area is 102 Å². The summed E-state index contributed by atoms with van der Waals surface area (Å²) in [6.07, 6.45) is 4.21. The molecule has 0 aromatic heterocycles. The van der Waals surface area contributed by atoms with E-state index < -0.39 is 18.2 Å². The van der Waals surface area contributed by atoms with Gasteiger partial charge >= 0.3 is 0 Å². The topological polar surface area (TPSA) is 49.8 Å². The first-order valence-corrected chi connectivity index (χ1v) is 5.39. The second-order valence-corrected chi connectivity index (χ2v) is 3.94. The van der Waals surface area contributed by atoms with Crippen molar-refractivity contribution in [2.45, 2.75) is 31.6 Å². The lowest BCUT2D eigenvalue weighted by Gasteiger charge is -2.48. The lowest BCUT2D eigenvalue weighted by atomic mass is 9.89. The number of nitrogens with zero attached hydrogens (tertiary/aromatic N) is 1. The standard InChI is InChI=1S/C13H17NO3/c1-5-7-8-14-10(11(15)9(3)6-2)12(17-4)13(14)16/h1,10-12,15H,2,7-8H2,3-4H3/t10-,11+,12+/m0/s1. The van der Waals surface area contributed by atoms with Crippen LogP contribution in [0.5, 0.6) is 0 Å². The number of methoxy groups -OCH3 is 1. The highest BCUT2D eigenvalue weighted by Crippen LogP contribution is 2.28. The number of carbonyl (C=O) groups excluding carboxylic acids is 1. The van der Waals surface area contributed by atoms with E-state index in [0.29, 0.717) is 18.5 Å². The maximum absolute atomic E-state index is 11.7. The first-order valence-electron chi connectivity index (χ1n) is 5.39. The number of terminal acetylenes is 1. The zero-order valence-electron chi connectivity index (χ0n) is 10.1. The Morgan fingerprint density at radius 3 is 2.88 bits per heavy atom. The van der Waals surface area contributed by atoms with Crippen LogP contribution in [0.1, 0.15) is 13.3 Å². The third-order valence-electron chi connectivity index (χ3n) is 2.99. The number of rotatable bonds is 5. The molecule has 0 saturated carbocycles. The molecule has 0 radical (unpaired) electrons. The van der Waals surface area contributed by atoms with Crippen LogP contribution in [-0.4, -0.2) is 47.8 Å². The number of aliphatic hydroxyl groups is 1. The number of likely N-dealkylation sites (tertiary alicyclic amines) is 1. The Bertz CT molecular complexity index is 390. The van der Waals surface area contributed by atoms with Gasteiger partial charge in [-0.2, -0.15) is 0 Å². The van der Waals surface area contributed by atoms with Crippen LogP contribution in [0.4, 0.5) is 0 Å². The Morgan fingerprint density at radius 2 is 2.41 bits per heavy atom. The predicted octanol–water partition coefficient (Wildman–Crippen LogP) is 0.328. The van der Waals surface area contributed by atoms with Gasteiger partial charge in [-0.1, -0.05) is 6.58 Å². The van der Waals surface area contributed by atoms with Crippen LogP contribution in [-0.2, 0) is 9.53 Å². The molecule has 1 amide bonds. The lowest BCUT2D eigenvalue weighted by Crippen LogP contribution is -2.69. The number of hydrogen-bond donors (Lipinski definition) is 1. The van der Waals surface area contributed by atoms with Gasteiger partial charge in [-0.25, -0.2) is 0 Å². The van der Waals surface area contributed by atoms with E-state index in [1.54, 1.807) is 11.8 Å². The summed E-state index contributed by atoms with van der Waals surface area (Å²) in [4.78, 5) is 13.2. The minimum atomic E-state index is -0.812. The molecule has 1 rings (SSSR count). The molecule has 0 unspecified atom stereocenters. The molecule has 0 aromatic carbocycles. The summed E-state index contributed by atoms with van der Waals surface area (Å²) in [5, 5.41) is 10.1. The fraction of sp³-hybridized carbons (Fsp3) is 0.538. The average Bonchev–Trinajstić information content (AvgIpc) is 2.34. The number of amides is 1. The van der Waals surface area contributed by atoms with Gasteiger partial charge in [-0.15, -0.1) is 18.1 Å². The number of carbonyl (C=O) groups is 1. The van der Waals surface area contributed by atoms with Gasteiger partial charge in [0.1, 0.15) is 6.10 Å². The van der Waals surface area contributed by atoms with Gasteiger partial charge in [0.15, 0.2) is 6.10 Å². The molecule has 1 aliphatic heterocycles. The number of β-lactam (4-membered cyclic amide) rings is 1. The van der Waals surface area contributed by atoms with E-state index in [9.17, 15) is 9.90 Å². The Hall–Kier alpha value is -1.53. The molecule has 0 aromatic rings. The minimum Gasteiger partial charge on any atom is -0.386 e. The number of ether oxygens (including phenoxy) is 1. The van der Waals surface area contributed by atoms with E-state index in [4.69, 9.17) is 11.2 Å². The SMILES string of the molecule is C#CCCN1C(=O)[C@H](OC)[C@@H]1[C@H](O)C(C)=C=C. The first-order chi connectivity index (χ1) is 8.08. The minimum absolute atomic E-state index is 0.135. The molecule has 1 aliphatic rings. The maximum Gasteiger partial charge on any atom is 0.254 e. The van der Waals surface area contributed by atoms with Crippen molar-refractivity contribution < 1.29 is 14.6 Å². The predicted molar refractivity (Wildman–Crippen MR) is 64.1 cm³/mol. The van der Waals surface area contributed by atoms with Crippen LogP contribution in [0.25, 0.3) is 0 Å². The Morgan fingerprint density at radius 1 is 1.76 bits per heavy atom. The van der Waals surface area contributed by atoms with Crippen LogP contribution in [0.15, 0.2) is 17.9 Å². The normalized spacial score (nSPS) is 24.6.